The highest BCUT2D eigenvalue weighted by molar-refractivity contribution is 7.86. The van der Waals surface area contributed by atoms with Crippen molar-refractivity contribution < 1.29 is 13.4 Å². The molecule has 1 amide bonds. The SMILES string of the molecule is Nc1cc(Cl)ccc1S(=O)CC(=O)Nc1cccc(F)c1. The summed E-state index contributed by atoms with van der Waals surface area (Å²) in [6.07, 6.45) is 0. The maximum atomic E-state index is 13.0. The molecular weight excluding hydrogens is 315 g/mol. The Morgan fingerprint density at radius 2 is 2.05 bits per heavy atom. The molecule has 1 unspecified atom stereocenters. The summed E-state index contributed by atoms with van der Waals surface area (Å²) in [6, 6.07) is 10.00. The average Bonchev–Trinajstić information content (AvgIpc) is 2.38. The van der Waals surface area contributed by atoms with Gasteiger partial charge < -0.3 is 11.1 Å². The fourth-order valence-electron chi connectivity index (χ4n) is 1.69. The van der Waals surface area contributed by atoms with Gasteiger partial charge in [0.1, 0.15) is 11.6 Å². The van der Waals surface area contributed by atoms with E-state index in [1.54, 1.807) is 12.1 Å². The zero-order chi connectivity index (χ0) is 15.4. The van der Waals surface area contributed by atoms with Gasteiger partial charge in [-0.3, -0.25) is 9.00 Å². The Bertz CT molecular complexity index is 709. The Morgan fingerprint density at radius 1 is 1.29 bits per heavy atom. The molecule has 0 aliphatic rings. The number of amides is 1. The molecule has 0 aliphatic heterocycles. The molecular formula is C14H12ClFN2O2S. The minimum atomic E-state index is -1.60. The van der Waals surface area contributed by atoms with Crippen LogP contribution in [0, 0.1) is 5.82 Å². The topological polar surface area (TPSA) is 72.2 Å². The Hall–Kier alpha value is -1.92. The van der Waals surface area contributed by atoms with Crippen LogP contribution in [0.25, 0.3) is 0 Å². The summed E-state index contributed by atoms with van der Waals surface area (Å²) in [6.45, 7) is 0. The van der Waals surface area contributed by atoms with Crippen LogP contribution in [-0.2, 0) is 15.6 Å². The first kappa shape index (κ1) is 15.5. The van der Waals surface area contributed by atoms with Crippen molar-refractivity contribution in [1.29, 1.82) is 0 Å². The van der Waals surface area contributed by atoms with E-state index in [4.69, 9.17) is 17.3 Å². The monoisotopic (exact) mass is 326 g/mol. The Labute approximate surface area is 128 Å². The number of hydrogen-bond donors (Lipinski definition) is 2. The van der Waals surface area contributed by atoms with Gasteiger partial charge >= 0.3 is 0 Å². The molecule has 0 aromatic heterocycles. The van der Waals surface area contributed by atoms with Crippen LogP contribution in [0.15, 0.2) is 47.4 Å². The molecule has 4 nitrogen and oxygen atoms in total. The van der Waals surface area contributed by atoms with Crippen LogP contribution in [-0.4, -0.2) is 15.9 Å². The average molecular weight is 327 g/mol. The second-order valence-corrected chi connectivity index (χ2v) is 6.09. The van der Waals surface area contributed by atoms with Crippen LogP contribution in [0.1, 0.15) is 0 Å². The number of halogens is 2. The fraction of sp³-hybridized carbons (Fsp3) is 0.0714. The molecule has 0 heterocycles. The molecule has 0 bridgehead atoms. The van der Waals surface area contributed by atoms with Gasteiger partial charge in [0.05, 0.1) is 15.7 Å². The van der Waals surface area contributed by atoms with Crippen LogP contribution in [0.4, 0.5) is 15.8 Å². The maximum absolute atomic E-state index is 13.0. The quantitative estimate of drug-likeness (QED) is 0.849. The number of nitrogen functional groups attached to an aromatic ring is 1. The third-order valence-electron chi connectivity index (χ3n) is 2.59. The van der Waals surface area contributed by atoms with Gasteiger partial charge in [-0.25, -0.2) is 4.39 Å². The second kappa shape index (κ2) is 6.69. The molecule has 3 N–H and O–H groups in total. The van der Waals surface area contributed by atoms with E-state index in [0.717, 1.165) is 0 Å². The molecule has 0 aliphatic carbocycles. The standard InChI is InChI=1S/C14H12ClFN2O2S/c15-9-4-5-13(12(17)6-9)21(20)8-14(19)18-11-3-1-2-10(16)7-11/h1-7H,8,17H2,(H,18,19). The molecule has 0 radical (unpaired) electrons. The van der Waals surface area contributed by atoms with E-state index in [1.807, 2.05) is 0 Å². The predicted octanol–water partition coefficient (Wildman–Crippen LogP) is 2.81. The predicted molar refractivity (Wildman–Crippen MR) is 82.2 cm³/mol. The first-order chi connectivity index (χ1) is 9.95. The van der Waals surface area contributed by atoms with E-state index in [0.29, 0.717) is 15.6 Å². The van der Waals surface area contributed by atoms with Crippen molar-refractivity contribution in [2.75, 3.05) is 16.8 Å². The number of rotatable bonds is 4. The highest BCUT2D eigenvalue weighted by Gasteiger charge is 2.13. The van der Waals surface area contributed by atoms with Gasteiger partial charge in [0, 0.05) is 16.4 Å². The van der Waals surface area contributed by atoms with Gasteiger partial charge in [0.2, 0.25) is 5.91 Å². The van der Waals surface area contributed by atoms with E-state index in [-0.39, 0.29) is 11.4 Å². The lowest BCUT2D eigenvalue weighted by atomic mass is 10.3. The first-order valence-corrected chi connectivity index (χ1v) is 7.64. The molecule has 0 spiro atoms. The highest BCUT2D eigenvalue weighted by Crippen LogP contribution is 2.21. The van der Waals surface area contributed by atoms with Crippen molar-refractivity contribution in [2.45, 2.75) is 4.90 Å². The number of benzene rings is 2. The Balaban J connectivity index is 2.04. The van der Waals surface area contributed by atoms with Crippen LogP contribution >= 0.6 is 11.6 Å². The lowest BCUT2D eigenvalue weighted by Crippen LogP contribution is -2.20. The van der Waals surface area contributed by atoms with Crippen LogP contribution in [0.5, 0.6) is 0 Å². The smallest absolute Gasteiger partial charge is 0.237 e. The van der Waals surface area contributed by atoms with Crippen molar-refractivity contribution in [3.63, 3.8) is 0 Å². The largest absolute Gasteiger partial charge is 0.398 e. The van der Waals surface area contributed by atoms with Crippen molar-refractivity contribution >= 4 is 39.7 Å². The Morgan fingerprint density at radius 3 is 2.71 bits per heavy atom. The van der Waals surface area contributed by atoms with E-state index in [9.17, 15) is 13.4 Å². The molecule has 1 atom stereocenters. The lowest BCUT2D eigenvalue weighted by Gasteiger charge is -2.07. The second-order valence-electron chi connectivity index (χ2n) is 4.23. The third kappa shape index (κ3) is 4.27. The normalized spacial score (nSPS) is 11.9. The molecule has 0 fully saturated rings. The van der Waals surface area contributed by atoms with Gasteiger partial charge in [-0.15, -0.1) is 0 Å². The van der Waals surface area contributed by atoms with Gasteiger partial charge in [-0.2, -0.15) is 0 Å². The van der Waals surface area contributed by atoms with Gasteiger partial charge in [-0.05, 0) is 36.4 Å². The summed E-state index contributed by atoms with van der Waals surface area (Å²) in [5, 5.41) is 2.90. The van der Waals surface area contributed by atoms with Gasteiger partial charge in [0.25, 0.3) is 0 Å². The van der Waals surface area contributed by atoms with Crippen LogP contribution < -0.4 is 11.1 Å². The maximum Gasteiger partial charge on any atom is 0.237 e. The molecule has 0 saturated carbocycles. The summed E-state index contributed by atoms with van der Waals surface area (Å²) in [7, 11) is -1.60. The zero-order valence-electron chi connectivity index (χ0n) is 10.8. The van der Waals surface area contributed by atoms with Gasteiger partial charge in [-0.1, -0.05) is 17.7 Å². The molecule has 0 saturated heterocycles. The number of hydrogen-bond acceptors (Lipinski definition) is 3. The summed E-state index contributed by atoms with van der Waals surface area (Å²) >= 11 is 5.76. The number of carbonyl (C=O) groups excluding carboxylic acids is 1. The van der Waals surface area contributed by atoms with Crippen molar-refractivity contribution in [3.05, 3.63) is 53.3 Å². The highest BCUT2D eigenvalue weighted by atomic mass is 35.5. The van der Waals surface area contributed by atoms with E-state index >= 15 is 0 Å². The summed E-state index contributed by atoms with van der Waals surface area (Å²) in [4.78, 5) is 12.1. The Kier molecular flexibility index (Phi) is 4.93. The summed E-state index contributed by atoms with van der Waals surface area (Å²) < 4.78 is 25.1. The molecule has 7 heteroatoms. The number of nitrogens with one attached hydrogen (secondary N) is 1. The number of nitrogens with two attached hydrogens (primary N) is 1. The first-order valence-electron chi connectivity index (χ1n) is 5.94. The zero-order valence-corrected chi connectivity index (χ0v) is 12.4. The minimum absolute atomic E-state index is 0.263. The summed E-state index contributed by atoms with van der Waals surface area (Å²) in [5.74, 6) is -1.23. The van der Waals surface area contributed by atoms with Crippen LogP contribution in [0.2, 0.25) is 5.02 Å². The fourth-order valence-corrected chi connectivity index (χ4v) is 2.87. The van der Waals surface area contributed by atoms with Crippen LogP contribution in [0.3, 0.4) is 0 Å². The molecule has 110 valence electrons. The molecule has 2 aromatic carbocycles. The van der Waals surface area contributed by atoms with E-state index < -0.39 is 22.5 Å². The summed E-state index contributed by atoms with van der Waals surface area (Å²) in [5.41, 5.74) is 6.28. The van der Waals surface area contributed by atoms with E-state index in [2.05, 4.69) is 5.32 Å². The van der Waals surface area contributed by atoms with Crippen molar-refractivity contribution in [2.24, 2.45) is 0 Å². The number of carbonyl (C=O) groups is 1. The third-order valence-corrected chi connectivity index (χ3v) is 4.21. The van der Waals surface area contributed by atoms with Crippen molar-refractivity contribution in [1.82, 2.24) is 0 Å². The minimum Gasteiger partial charge on any atom is -0.398 e. The van der Waals surface area contributed by atoms with Gasteiger partial charge in [0.15, 0.2) is 0 Å². The lowest BCUT2D eigenvalue weighted by molar-refractivity contribution is -0.113. The molecule has 2 aromatic rings. The van der Waals surface area contributed by atoms with Crippen molar-refractivity contribution in [3.8, 4) is 0 Å². The molecule has 2 rings (SSSR count). The van der Waals surface area contributed by atoms with E-state index in [1.165, 1.54) is 30.3 Å². The number of anilines is 2. The molecule has 21 heavy (non-hydrogen) atoms.